The van der Waals surface area contributed by atoms with Crippen molar-refractivity contribution in [2.24, 2.45) is 5.41 Å². The van der Waals surface area contributed by atoms with Crippen LogP contribution in [0.1, 0.15) is 26.2 Å². The van der Waals surface area contributed by atoms with Crippen molar-refractivity contribution in [3.63, 3.8) is 0 Å². The van der Waals surface area contributed by atoms with Crippen LogP contribution in [0.5, 0.6) is 0 Å². The van der Waals surface area contributed by atoms with Gasteiger partial charge in [0.05, 0.1) is 23.2 Å². The highest BCUT2D eigenvalue weighted by atomic mass is 32.2. The quantitative estimate of drug-likeness (QED) is 0.774. The van der Waals surface area contributed by atoms with Gasteiger partial charge in [-0.15, -0.1) is 0 Å². The summed E-state index contributed by atoms with van der Waals surface area (Å²) in [5, 5.41) is 20.2. The van der Waals surface area contributed by atoms with Gasteiger partial charge in [-0.2, -0.15) is 5.26 Å². The Hall–Kier alpha value is -0.640. The van der Waals surface area contributed by atoms with Crippen LogP contribution in [0.2, 0.25) is 0 Å². The Labute approximate surface area is 108 Å². The van der Waals surface area contributed by atoms with E-state index in [9.17, 15) is 18.8 Å². The first-order chi connectivity index (χ1) is 8.36. The Bertz CT molecular complexity index is 460. The van der Waals surface area contributed by atoms with Gasteiger partial charge in [-0.05, 0) is 25.8 Å². The Morgan fingerprint density at radius 2 is 1.94 bits per heavy atom. The van der Waals surface area contributed by atoms with Crippen LogP contribution >= 0.6 is 0 Å². The van der Waals surface area contributed by atoms with Crippen LogP contribution in [0.4, 0.5) is 0 Å². The lowest BCUT2D eigenvalue weighted by atomic mass is 9.67. The average molecular weight is 272 g/mol. The highest BCUT2D eigenvalue weighted by Gasteiger charge is 2.57. The fraction of sp³-hybridized carbons (Fsp3) is 0.917. The number of sulfone groups is 1. The van der Waals surface area contributed by atoms with Crippen molar-refractivity contribution in [1.29, 1.82) is 5.26 Å². The number of rotatable bonds is 2. The van der Waals surface area contributed by atoms with Crippen LogP contribution in [0, 0.1) is 16.7 Å². The highest BCUT2D eigenvalue weighted by molar-refractivity contribution is 7.91. The highest BCUT2D eigenvalue weighted by Crippen LogP contribution is 2.46. The molecule has 102 valence electrons. The van der Waals surface area contributed by atoms with E-state index in [0.717, 1.165) is 19.6 Å². The van der Waals surface area contributed by atoms with Crippen molar-refractivity contribution in [3.8, 4) is 6.07 Å². The van der Waals surface area contributed by atoms with Gasteiger partial charge in [0.15, 0.2) is 9.84 Å². The Morgan fingerprint density at radius 3 is 2.33 bits per heavy atom. The number of nitriles is 1. The van der Waals surface area contributed by atoms with E-state index in [0.29, 0.717) is 12.8 Å². The lowest BCUT2D eigenvalue weighted by Gasteiger charge is -2.45. The van der Waals surface area contributed by atoms with Crippen molar-refractivity contribution in [2.75, 3.05) is 31.1 Å². The molecule has 0 bridgehead atoms. The molecule has 2 heterocycles. The second-order valence-electron chi connectivity index (χ2n) is 5.50. The van der Waals surface area contributed by atoms with Crippen LogP contribution in [0.3, 0.4) is 0 Å². The molecule has 18 heavy (non-hydrogen) atoms. The monoisotopic (exact) mass is 272 g/mol. The number of likely N-dealkylation sites (tertiary alicyclic amines) is 1. The maximum Gasteiger partial charge on any atom is 0.152 e. The molecule has 2 aliphatic heterocycles. The normalized spacial score (nSPS) is 35.2. The van der Waals surface area contributed by atoms with E-state index in [1.54, 1.807) is 0 Å². The third-order valence-electron chi connectivity index (χ3n) is 4.54. The van der Waals surface area contributed by atoms with Crippen LogP contribution in [-0.2, 0) is 9.84 Å². The summed E-state index contributed by atoms with van der Waals surface area (Å²) in [7, 11) is -3.17. The lowest BCUT2D eigenvalue weighted by molar-refractivity contribution is -0.0867. The molecule has 2 saturated heterocycles. The molecule has 0 spiro atoms. The topological polar surface area (TPSA) is 81.4 Å². The molecule has 1 N–H and O–H groups in total. The minimum atomic E-state index is -3.17. The number of hydrogen-bond donors (Lipinski definition) is 1. The minimum Gasteiger partial charge on any atom is -0.388 e. The van der Waals surface area contributed by atoms with Gasteiger partial charge in [0.1, 0.15) is 5.41 Å². The molecule has 6 heteroatoms. The zero-order valence-electron chi connectivity index (χ0n) is 10.7. The first-order valence-corrected chi connectivity index (χ1v) is 8.25. The molecule has 5 nitrogen and oxygen atoms in total. The second-order valence-corrected chi connectivity index (χ2v) is 7.69. The van der Waals surface area contributed by atoms with Crippen molar-refractivity contribution >= 4 is 9.84 Å². The number of aliphatic hydroxyl groups is 1. The molecule has 1 unspecified atom stereocenters. The first-order valence-electron chi connectivity index (χ1n) is 6.43. The summed E-state index contributed by atoms with van der Waals surface area (Å²) in [4.78, 5) is 2.21. The summed E-state index contributed by atoms with van der Waals surface area (Å²) in [6.07, 6.45) is 1.25. The van der Waals surface area contributed by atoms with Crippen LogP contribution in [-0.4, -0.2) is 55.2 Å². The van der Waals surface area contributed by atoms with E-state index < -0.39 is 20.9 Å². The van der Waals surface area contributed by atoms with Crippen molar-refractivity contribution in [3.05, 3.63) is 0 Å². The molecule has 0 radical (unpaired) electrons. The molecule has 0 amide bonds. The van der Waals surface area contributed by atoms with Gasteiger partial charge in [-0.3, -0.25) is 0 Å². The molecule has 0 aromatic rings. The van der Waals surface area contributed by atoms with E-state index in [1.807, 2.05) is 0 Å². The number of hydrogen-bond acceptors (Lipinski definition) is 5. The summed E-state index contributed by atoms with van der Waals surface area (Å²) in [5.41, 5.74) is -2.23. The largest absolute Gasteiger partial charge is 0.388 e. The summed E-state index contributed by atoms with van der Waals surface area (Å²) in [6, 6.07) is 2.13. The fourth-order valence-corrected chi connectivity index (χ4v) is 5.16. The Kier molecular flexibility index (Phi) is 3.43. The predicted octanol–water partition coefficient (Wildman–Crippen LogP) is 0.162. The maximum absolute atomic E-state index is 11.6. The molecule has 0 aromatic carbocycles. The van der Waals surface area contributed by atoms with Gasteiger partial charge >= 0.3 is 0 Å². The molecular weight excluding hydrogens is 252 g/mol. The second kappa shape index (κ2) is 4.48. The average Bonchev–Trinajstić information content (AvgIpc) is 2.68. The van der Waals surface area contributed by atoms with Gasteiger partial charge in [0, 0.05) is 13.1 Å². The van der Waals surface area contributed by atoms with Gasteiger partial charge in [-0.1, -0.05) is 6.92 Å². The van der Waals surface area contributed by atoms with E-state index in [-0.39, 0.29) is 17.9 Å². The lowest BCUT2D eigenvalue weighted by Crippen LogP contribution is -2.55. The van der Waals surface area contributed by atoms with Gasteiger partial charge in [0.2, 0.25) is 0 Å². The molecule has 2 fully saturated rings. The SMILES string of the molecule is CCN1CCC(O)(C2(C#N)CCS(=O)(=O)C2)CC1. The summed E-state index contributed by atoms with van der Waals surface area (Å²) in [6.45, 7) is 4.45. The smallest absolute Gasteiger partial charge is 0.152 e. The van der Waals surface area contributed by atoms with Crippen molar-refractivity contribution < 1.29 is 13.5 Å². The Morgan fingerprint density at radius 1 is 1.33 bits per heavy atom. The zero-order valence-corrected chi connectivity index (χ0v) is 11.5. The van der Waals surface area contributed by atoms with Gasteiger partial charge in [0.25, 0.3) is 0 Å². The predicted molar refractivity (Wildman–Crippen MR) is 67.6 cm³/mol. The van der Waals surface area contributed by atoms with Crippen molar-refractivity contribution in [1.82, 2.24) is 4.90 Å². The zero-order chi connectivity index (χ0) is 13.4. The van der Waals surface area contributed by atoms with Crippen LogP contribution in [0.15, 0.2) is 0 Å². The standard InChI is InChI=1S/C12H20N2O3S/c1-2-14-6-3-12(15,4-7-14)11(9-13)5-8-18(16,17)10-11/h15H,2-8,10H2,1H3. The maximum atomic E-state index is 11.6. The number of nitrogens with zero attached hydrogens (tertiary/aromatic N) is 2. The minimum absolute atomic E-state index is 0.0281. The molecule has 2 rings (SSSR count). The third-order valence-corrected chi connectivity index (χ3v) is 6.30. The van der Waals surface area contributed by atoms with E-state index in [4.69, 9.17) is 0 Å². The van der Waals surface area contributed by atoms with E-state index >= 15 is 0 Å². The fourth-order valence-electron chi connectivity index (χ4n) is 3.13. The molecular formula is C12H20N2O3S. The molecule has 0 aromatic heterocycles. The Balaban J connectivity index is 2.22. The van der Waals surface area contributed by atoms with Gasteiger partial charge < -0.3 is 10.0 Å². The first kappa shape index (κ1) is 13.8. The number of piperidine rings is 1. The molecule has 2 aliphatic rings. The molecule has 1 atom stereocenters. The van der Waals surface area contributed by atoms with Crippen molar-refractivity contribution in [2.45, 2.75) is 31.8 Å². The van der Waals surface area contributed by atoms with Crippen LogP contribution in [0.25, 0.3) is 0 Å². The molecule has 0 aliphatic carbocycles. The van der Waals surface area contributed by atoms with Gasteiger partial charge in [-0.25, -0.2) is 8.42 Å². The summed E-state index contributed by atoms with van der Waals surface area (Å²) >= 11 is 0. The third kappa shape index (κ3) is 2.15. The van der Waals surface area contributed by atoms with E-state index in [1.165, 1.54) is 0 Å². The summed E-state index contributed by atoms with van der Waals surface area (Å²) < 4.78 is 23.3. The molecule has 0 saturated carbocycles. The van der Waals surface area contributed by atoms with E-state index in [2.05, 4.69) is 17.9 Å². The summed E-state index contributed by atoms with van der Waals surface area (Å²) in [5.74, 6) is -0.153. The van der Waals surface area contributed by atoms with Crippen LogP contribution < -0.4 is 0 Å².